The second-order valence-electron chi connectivity index (χ2n) is 6.84. The third-order valence-corrected chi connectivity index (χ3v) is 4.69. The highest BCUT2D eigenvalue weighted by atomic mass is 35.5. The molecule has 136 valence electrons. The van der Waals surface area contributed by atoms with Crippen molar-refractivity contribution in [2.24, 2.45) is 0 Å². The van der Waals surface area contributed by atoms with E-state index in [0.717, 1.165) is 6.04 Å². The molecule has 0 amide bonds. The third kappa shape index (κ3) is 12.0. The van der Waals surface area contributed by atoms with Crippen molar-refractivity contribution in [1.82, 2.24) is 10.2 Å². The first-order valence-corrected chi connectivity index (χ1v) is 9.21. The fourth-order valence-corrected chi connectivity index (χ4v) is 3.21. The minimum absolute atomic E-state index is 0. The van der Waals surface area contributed by atoms with E-state index in [9.17, 15) is 0 Å². The maximum atomic E-state index is 3.56. The predicted octanol–water partition coefficient (Wildman–Crippen LogP) is 5.43. The molecular formula is C18H40Cl2N2. The molecule has 1 N–H and O–H groups in total. The zero-order chi connectivity index (χ0) is 14.6. The Balaban J connectivity index is 0. The van der Waals surface area contributed by atoms with Gasteiger partial charge in [-0.1, -0.05) is 64.7 Å². The summed E-state index contributed by atoms with van der Waals surface area (Å²) in [7, 11) is 0. The maximum Gasteiger partial charge on any atom is 0.0193 e. The van der Waals surface area contributed by atoms with Crippen molar-refractivity contribution in [2.45, 2.75) is 97.1 Å². The number of halogens is 2. The highest BCUT2D eigenvalue weighted by Crippen LogP contribution is 2.12. The van der Waals surface area contributed by atoms with Crippen LogP contribution in [0, 0.1) is 0 Å². The van der Waals surface area contributed by atoms with Gasteiger partial charge in [0.05, 0.1) is 0 Å². The molecular weight excluding hydrogens is 315 g/mol. The highest BCUT2D eigenvalue weighted by Gasteiger charge is 2.21. The first kappa shape index (κ1) is 24.7. The zero-order valence-electron chi connectivity index (χ0n) is 15.1. The van der Waals surface area contributed by atoms with Crippen molar-refractivity contribution in [2.75, 3.05) is 19.6 Å². The van der Waals surface area contributed by atoms with Crippen LogP contribution >= 0.6 is 24.8 Å². The van der Waals surface area contributed by atoms with Crippen molar-refractivity contribution in [3.8, 4) is 0 Å². The first-order valence-electron chi connectivity index (χ1n) is 9.21. The molecule has 0 aliphatic carbocycles. The van der Waals surface area contributed by atoms with Gasteiger partial charge < -0.3 is 5.32 Å². The molecule has 1 rings (SSSR count). The molecule has 1 heterocycles. The summed E-state index contributed by atoms with van der Waals surface area (Å²) in [6.07, 6.45) is 14.4. The van der Waals surface area contributed by atoms with Crippen LogP contribution in [0.2, 0.25) is 0 Å². The normalized spacial score (nSPS) is 22.0. The number of rotatable bonds is 11. The lowest BCUT2D eigenvalue weighted by molar-refractivity contribution is 0.144. The highest BCUT2D eigenvalue weighted by molar-refractivity contribution is 5.85. The Morgan fingerprint density at radius 1 is 0.818 bits per heavy atom. The van der Waals surface area contributed by atoms with E-state index >= 15 is 0 Å². The summed E-state index contributed by atoms with van der Waals surface area (Å²) in [5.74, 6) is 0. The first-order chi connectivity index (χ1) is 9.74. The third-order valence-electron chi connectivity index (χ3n) is 4.69. The molecule has 0 aromatic carbocycles. The van der Waals surface area contributed by atoms with Crippen LogP contribution in [-0.2, 0) is 0 Å². The summed E-state index contributed by atoms with van der Waals surface area (Å²) in [5.41, 5.74) is 0. The average molecular weight is 355 g/mol. The molecule has 0 radical (unpaired) electrons. The Morgan fingerprint density at radius 3 is 1.86 bits per heavy atom. The van der Waals surface area contributed by atoms with E-state index < -0.39 is 0 Å². The van der Waals surface area contributed by atoms with Gasteiger partial charge in [0.2, 0.25) is 0 Å². The van der Waals surface area contributed by atoms with Gasteiger partial charge in [-0.2, -0.15) is 0 Å². The minimum Gasteiger partial charge on any atom is -0.311 e. The van der Waals surface area contributed by atoms with Gasteiger partial charge in [0.25, 0.3) is 0 Å². The van der Waals surface area contributed by atoms with E-state index in [1.54, 1.807) is 0 Å². The molecule has 2 atom stereocenters. The molecule has 1 saturated heterocycles. The number of piperazine rings is 1. The van der Waals surface area contributed by atoms with Crippen molar-refractivity contribution in [3.05, 3.63) is 0 Å². The number of nitrogens with zero attached hydrogens (tertiary/aromatic N) is 1. The smallest absolute Gasteiger partial charge is 0.0193 e. The van der Waals surface area contributed by atoms with Gasteiger partial charge in [-0.3, -0.25) is 4.90 Å². The molecule has 1 fully saturated rings. The van der Waals surface area contributed by atoms with Crippen LogP contribution in [0.25, 0.3) is 0 Å². The number of hydrogen-bond donors (Lipinski definition) is 1. The lowest BCUT2D eigenvalue weighted by Crippen LogP contribution is -2.54. The molecule has 0 bridgehead atoms. The summed E-state index contributed by atoms with van der Waals surface area (Å²) in [4.78, 5) is 2.67. The summed E-state index contributed by atoms with van der Waals surface area (Å²) < 4.78 is 0. The quantitative estimate of drug-likeness (QED) is 0.497. The predicted molar refractivity (Wildman–Crippen MR) is 105 cm³/mol. The van der Waals surface area contributed by atoms with Crippen molar-refractivity contribution in [3.63, 3.8) is 0 Å². The Bertz CT molecular complexity index is 227. The van der Waals surface area contributed by atoms with Gasteiger partial charge >= 0.3 is 0 Å². The van der Waals surface area contributed by atoms with Crippen molar-refractivity contribution in [1.29, 1.82) is 0 Å². The lowest BCUT2D eigenvalue weighted by atomic mass is 10.1. The summed E-state index contributed by atoms with van der Waals surface area (Å²) >= 11 is 0. The van der Waals surface area contributed by atoms with Gasteiger partial charge in [-0.25, -0.2) is 0 Å². The van der Waals surface area contributed by atoms with Gasteiger partial charge in [-0.15, -0.1) is 24.8 Å². The van der Waals surface area contributed by atoms with E-state index in [1.807, 2.05) is 0 Å². The Morgan fingerprint density at radius 2 is 1.32 bits per heavy atom. The Hall–Kier alpha value is 0.500. The van der Waals surface area contributed by atoms with Crippen LogP contribution in [0.3, 0.4) is 0 Å². The average Bonchev–Trinajstić information content (AvgIpc) is 2.44. The fraction of sp³-hybridized carbons (Fsp3) is 1.00. The van der Waals surface area contributed by atoms with E-state index in [0.29, 0.717) is 6.04 Å². The second-order valence-corrected chi connectivity index (χ2v) is 6.84. The van der Waals surface area contributed by atoms with E-state index in [2.05, 4.69) is 31.0 Å². The molecule has 2 nitrogen and oxygen atoms in total. The summed E-state index contributed by atoms with van der Waals surface area (Å²) in [5, 5.41) is 3.56. The van der Waals surface area contributed by atoms with Gasteiger partial charge in [-0.05, 0) is 26.8 Å². The van der Waals surface area contributed by atoms with Crippen LogP contribution in [0.5, 0.6) is 0 Å². The molecule has 1 aliphatic heterocycles. The Kier molecular flexibility index (Phi) is 18.4. The van der Waals surface area contributed by atoms with E-state index in [-0.39, 0.29) is 24.8 Å². The molecule has 0 spiro atoms. The molecule has 4 heteroatoms. The van der Waals surface area contributed by atoms with Crippen LogP contribution in [0.15, 0.2) is 0 Å². The molecule has 22 heavy (non-hydrogen) atoms. The topological polar surface area (TPSA) is 15.3 Å². The van der Waals surface area contributed by atoms with Crippen molar-refractivity contribution >= 4 is 24.8 Å². The standard InChI is InChI=1S/C18H38N2.2ClH/c1-4-5-6-7-8-9-10-11-12-13-14-20-16-17(2)19-15-18(20)3;;/h17-19H,4-16H2,1-3H3;2*1H. The van der Waals surface area contributed by atoms with Crippen LogP contribution < -0.4 is 5.32 Å². The number of hydrogen-bond acceptors (Lipinski definition) is 2. The fourth-order valence-electron chi connectivity index (χ4n) is 3.21. The van der Waals surface area contributed by atoms with Gasteiger partial charge in [0.1, 0.15) is 0 Å². The summed E-state index contributed by atoms with van der Waals surface area (Å²) in [6.45, 7) is 10.7. The zero-order valence-corrected chi connectivity index (χ0v) is 16.7. The largest absolute Gasteiger partial charge is 0.311 e. The van der Waals surface area contributed by atoms with Crippen LogP contribution in [-0.4, -0.2) is 36.6 Å². The van der Waals surface area contributed by atoms with E-state index in [4.69, 9.17) is 0 Å². The number of unbranched alkanes of at least 4 members (excludes halogenated alkanes) is 9. The Labute approximate surface area is 152 Å². The molecule has 1 aliphatic rings. The van der Waals surface area contributed by atoms with Crippen LogP contribution in [0.4, 0.5) is 0 Å². The molecule has 0 aromatic rings. The molecule has 0 aromatic heterocycles. The lowest BCUT2D eigenvalue weighted by Gasteiger charge is -2.37. The second kappa shape index (κ2) is 16.4. The maximum absolute atomic E-state index is 3.56. The van der Waals surface area contributed by atoms with Gasteiger partial charge in [0.15, 0.2) is 0 Å². The van der Waals surface area contributed by atoms with Gasteiger partial charge in [0, 0.05) is 25.2 Å². The SMILES string of the molecule is CCCCCCCCCCCCN1CC(C)NCC1C.Cl.Cl. The van der Waals surface area contributed by atoms with Crippen molar-refractivity contribution < 1.29 is 0 Å². The minimum atomic E-state index is 0. The summed E-state index contributed by atoms with van der Waals surface area (Å²) in [6, 6.07) is 1.40. The van der Waals surface area contributed by atoms with Crippen LogP contribution in [0.1, 0.15) is 85.0 Å². The number of nitrogens with one attached hydrogen (secondary N) is 1. The molecule has 2 unspecified atom stereocenters. The molecule has 0 saturated carbocycles. The monoisotopic (exact) mass is 354 g/mol. The van der Waals surface area contributed by atoms with E-state index in [1.165, 1.54) is 83.8 Å².